The normalized spacial score (nSPS) is 11.4. The lowest BCUT2D eigenvalue weighted by Gasteiger charge is -2.09. The van der Waals surface area contributed by atoms with Crippen molar-refractivity contribution in [2.45, 2.75) is 12.8 Å². The van der Waals surface area contributed by atoms with E-state index in [-0.39, 0.29) is 5.56 Å². The van der Waals surface area contributed by atoms with E-state index in [1.54, 1.807) is 24.3 Å². The number of rotatable bonds is 6. The monoisotopic (exact) mass is 398 g/mol. The van der Waals surface area contributed by atoms with Crippen LogP contribution in [0.4, 0.5) is 13.2 Å². The van der Waals surface area contributed by atoms with Gasteiger partial charge in [0.05, 0.1) is 11.8 Å². The van der Waals surface area contributed by atoms with Gasteiger partial charge in [-0.1, -0.05) is 48.5 Å². The maximum absolute atomic E-state index is 12.9. The summed E-state index contributed by atoms with van der Waals surface area (Å²) < 4.78 is 44.5. The smallest absolute Gasteiger partial charge is 0.417 e. The Balaban J connectivity index is 1.58. The molecule has 1 amide bonds. The number of hydrazone groups is 1. The summed E-state index contributed by atoms with van der Waals surface area (Å²) >= 11 is 0. The fourth-order valence-corrected chi connectivity index (χ4v) is 2.54. The number of carbonyl (C=O) groups excluding carboxylic acids is 1. The molecule has 148 valence electrons. The van der Waals surface area contributed by atoms with Gasteiger partial charge in [-0.15, -0.1) is 0 Å². The molecular weight excluding hydrogens is 381 g/mol. The first-order valence-corrected chi connectivity index (χ1v) is 8.70. The number of amides is 1. The van der Waals surface area contributed by atoms with E-state index >= 15 is 0 Å². The van der Waals surface area contributed by atoms with Crippen molar-refractivity contribution in [3.8, 4) is 5.75 Å². The van der Waals surface area contributed by atoms with Crippen molar-refractivity contribution in [1.82, 2.24) is 5.43 Å². The molecule has 0 atom stereocenters. The van der Waals surface area contributed by atoms with Crippen molar-refractivity contribution >= 4 is 12.1 Å². The molecule has 0 aromatic heterocycles. The first kappa shape index (κ1) is 20.1. The van der Waals surface area contributed by atoms with Crippen LogP contribution in [0.3, 0.4) is 0 Å². The van der Waals surface area contributed by atoms with Gasteiger partial charge < -0.3 is 4.74 Å². The number of alkyl halides is 3. The molecule has 0 aliphatic heterocycles. The van der Waals surface area contributed by atoms with Crippen LogP contribution in [-0.4, -0.2) is 12.1 Å². The van der Waals surface area contributed by atoms with Gasteiger partial charge in [-0.25, -0.2) is 5.43 Å². The third kappa shape index (κ3) is 5.68. The summed E-state index contributed by atoms with van der Waals surface area (Å²) in [6.45, 7) is 0.398. The molecule has 0 bridgehead atoms. The second-order valence-electron chi connectivity index (χ2n) is 6.08. The Labute approximate surface area is 165 Å². The molecule has 3 aromatic carbocycles. The van der Waals surface area contributed by atoms with Crippen molar-refractivity contribution in [3.63, 3.8) is 0 Å². The summed E-state index contributed by atoms with van der Waals surface area (Å²) in [5, 5.41) is 3.63. The number of nitrogens with zero attached hydrogens (tertiary/aromatic N) is 1. The highest BCUT2D eigenvalue weighted by Crippen LogP contribution is 2.31. The number of nitrogens with one attached hydrogen (secondary N) is 1. The van der Waals surface area contributed by atoms with Crippen molar-refractivity contribution in [2.75, 3.05) is 0 Å². The summed E-state index contributed by atoms with van der Waals surface area (Å²) in [6.07, 6.45) is -3.53. The molecule has 3 rings (SSSR count). The van der Waals surface area contributed by atoms with Crippen molar-refractivity contribution < 1.29 is 22.7 Å². The van der Waals surface area contributed by atoms with Crippen LogP contribution in [0.15, 0.2) is 84.0 Å². The second-order valence-corrected chi connectivity index (χ2v) is 6.08. The molecule has 7 heteroatoms. The average molecular weight is 398 g/mol. The fraction of sp³-hybridized carbons (Fsp3) is 0.0909. The maximum Gasteiger partial charge on any atom is 0.417 e. The summed E-state index contributed by atoms with van der Waals surface area (Å²) in [6, 6.07) is 21.0. The van der Waals surface area contributed by atoms with E-state index in [0.717, 1.165) is 17.8 Å². The fourth-order valence-electron chi connectivity index (χ4n) is 2.54. The number of ether oxygens (including phenoxy) is 1. The van der Waals surface area contributed by atoms with Gasteiger partial charge in [0.25, 0.3) is 5.91 Å². The highest BCUT2D eigenvalue weighted by atomic mass is 19.4. The Kier molecular flexibility index (Phi) is 6.29. The minimum atomic E-state index is -4.50. The molecule has 0 spiro atoms. The molecule has 3 aromatic rings. The molecule has 4 nitrogen and oxygen atoms in total. The Hall–Kier alpha value is -3.61. The van der Waals surface area contributed by atoms with Crippen LogP contribution in [0.1, 0.15) is 27.0 Å². The zero-order valence-electron chi connectivity index (χ0n) is 15.2. The van der Waals surface area contributed by atoms with Gasteiger partial charge in [0.2, 0.25) is 0 Å². The summed E-state index contributed by atoms with van der Waals surface area (Å²) in [7, 11) is 0. The molecule has 1 N–H and O–H groups in total. The predicted molar refractivity (Wildman–Crippen MR) is 104 cm³/mol. The molecule has 0 saturated carbocycles. The zero-order chi connectivity index (χ0) is 20.7. The lowest BCUT2D eigenvalue weighted by Crippen LogP contribution is -2.18. The van der Waals surface area contributed by atoms with Crippen LogP contribution in [0.2, 0.25) is 0 Å². The van der Waals surface area contributed by atoms with E-state index in [4.69, 9.17) is 4.74 Å². The third-order valence-electron chi connectivity index (χ3n) is 4.00. The number of hydrogen-bond donors (Lipinski definition) is 1. The van der Waals surface area contributed by atoms with E-state index in [2.05, 4.69) is 10.5 Å². The highest BCUT2D eigenvalue weighted by Gasteiger charge is 2.32. The Morgan fingerprint density at radius 2 is 1.59 bits per heavy atom. The van der Waals surface area contributed by atoms with Crippen LogP contribution in [0, 0.1) is 0 Å². The molecule has 0 aliphatic carbocycles. The molecule has 29 heavy (non-hydrogen) atoms. The largest absolute Gasteiger partial charge is 0.489 e. The lowest BCUT2D eigenvalue weighted by atomic mass is 10.1. The number of carbonyl (C=O) groups is 1. The number of halogens is 3. The van der Waals surface area contributed by atoms with E-state index in [9.17, 15) is 18.0 Å². The van der Waals surface area contributed by atoms with Gasteiger partial charge in [-0.05, 0) is 35.9 Å². The third-order valence-corrected chi connectivity index (χ3v) is 4.00. The SMILES string of the molecule is O=C(N/N=C\c1ccccc1C(F)(F)F)c1ccc(OCc2ccccc2)cc1. The van der Waals surface area contributed by atoms with Crippen LogP contribution in [0.25, 0.3) is 0 Å². The van der Waals surface area contributed by atoms with Gasteiger partial charge >= 0.3 is 6.18 Å². The minimum Gasteiger partial charge on any atom is -0.489 e. The maximum atomic E-state index is 12.9. The summed E-state index contributed by atoms with van der Waals surface area (Å²) in [5.74, 6) is 0.0494. The first-order valence-electron chi connectivity index (χ1n) is 8.70. The summed E-state index contributed by atoms with van der Waals surface area (Å²) in [5.41, 5.74) is 2.59. The molecule has 0 fully saturated rings. The van der Waals surface area contributed by atoms with Crippen molar-refractivity contribution in [2.24, 2.45) is 5.10 Å². The molecule has 0 aliphatic rings. The molecular formula is C22H17F3N2O2. The zero-order valence-corrected chi connectivity index (χ0v) is 15.2. The number of benzene rings is 3. The Morgan fingerprint density at radius 1 is 0.931 bits per heavy atom. The highest BCUT2D eigenvalue weighted by molar-refractivity contribution is 5.95. The van der Waals surface area contributed by atoms with E-state index in [1.165, 1.54) is 18.2 Å². The molecule has 0 saturated heterocycles. The second kappa shape index (κ2) is 9.05. The van der Waals surface area contributed by atoms with Gasteiger partial charge in [0.1, 0.15) is 12.4 Å². The van der Waals surface area contributed by atoms with E-state index in [0.29, 0.717) is 17.9 Å². The van der Waals surface area contributed by atoms with Crippen LogP contribution in [0.5, 0.6) is 5.75 Å². The first-order chi connectivity index (χ1) is 13.9. The Bertz CT molecular complexity index is 985. The standard InChI is InChI=1S/C22H17F3N2O2/c23-22(24,25)20-9-5-4-8-18(20)14-26-27-21(28)17-10-12-19(13-11-17)29-15-16-6-2-1-3-7-16/h1-14H,15H2,(H,27,28)/b26-14-. The summed E-state index contributed by atoms with van der Waals surface area (Å²) in [4.78, 5) is 12.1. The van der Waals surface area contributed by atoms with E-state index < -0.39 is 17.6 Å². The van der Waals surface area contributed by atoms with Crippen molar-refractivity contribution in [3.05, 3.63) is 101 Å². The van der Waals surface area contributed by atoms with Gasteiger partial charge in [0.15, 0.2) is 0 Å². The van der Waals surface area contributed by atoms with E-state index in [1.807, 2.05) is 30.3 Å². The molecule has 0 heterocycles. The Morgan fingerprint density at radius 3 is 2.28 bits per heavy atom. The van der Waals surface area contributed by atoms with Crippen LogP contribution in [-0.2, 0) is 12.8 Å². The van der Waals surface area contributed by atoms with Crippen LogP contribution < -0.4 is 10.2 Å². The average Bonchev–Trinajstić information content (AvgIpc) is 2.73. The van der Waals surface area contributed by atoms with Crippen LogP contribution >= 0.6 is 0 Å². The number of hydrogen-bond acceptors (Lipinski definition) is 3. The van der Waals surface area contributed by atoms with Crippen molar-refractivity contribution in [1.29, 1.82) is 0 Å². The minimum absolute atomic E-state index is 0.134. The van der Waals surface area contributed by atoms with Gasteiger partial charge in [0, 0.05) is 11.1 Å². The van der Waals surface area contributed by atoms with Gasteiger partial charge in [-0.3, -0.25) is 4.79 Å². The molecule has 0 radical (unpaired) electrons. The topological polar surface area (TPSA) is 50.7 Å². The molecule has 0 unspecified atom stereocenters. The lowest BCUT2D eigenvalue weighted by molar-refractivity contribution is -0.137. The quantitative estimate of drug-likeness (QED) is 0.467. The predicted octanol–water partition coefficient (Wildman–Crippen LogP) is 5.05. The van der Waals surface area contributed by atoms with Gasteiger partial charge in [-0.2, -0.15) is 18.3 Å².